The quantitative estimate of drug-likeness (QED) is 0.766. The average molecular weight is 318 g/mol. The lowest BCUT2D eigenvalue weighted by Gasteiger charge is -2.29. The van der Waals surface area contributed by atoms with E-state index in [-0.39, 0.29) is 24.0 Å². The fourth-order valence-electron chi connectivity index (χ4n) is 2.15. The van der Waals surface area contributed by atoms with Crippen LogP contribution in [0, 0.1) is 0 Å². The van der Waals surface area contributed by atoms with E-state index < -0.39 is 12.8 Å². The highest BCUT2D eigenvalue weighted by molar-refractivity contribution is 5.88. The number of likely N-dealkylation sites (tertiary alicyclic amines) is 1. The minimum absolute atomic E-state index is 0.0503. The Bertz CT molecular complexity index is 468. The average Bonchev–Trinajstić information content (AvgIpc) is 2.42. The molecule has 1 saturated heterocycles. The van der Waals surface area contributed by atoms with Crippen LogP contribution >= 0.6 is 0 Å². The van der Waals surface area contributed by atoms with Gasteiger partial charge in [0, 0.05) is 19.0 Å². The molecule has 0 aromatic heterocycles. The molecule has 7 heteroatoms. The van der Waals surface area contributed by atoms with E-state index >= 15 is 0 Å². The van der Waals surface area contributed by atoms with E-state index in [0.29, 0.717) is 6.54 Å². The van der Waals surface area contributed by atoms with Gasteiger partial charge in [-0.25, -0.2) is 0 Å². The third kappa shape index (κ3) is 7.40. The summed E-state index contributed by atoms with van der Waals surface area (Å²) in [6.07, 6.45) is 0.723. The van der Waals surface area contributed by atoms with Crippen LogP contribution in [-0.4, -0.2) is 54.0 Å². The maximum atomic E-state index is 12.1. The number of carbonyl (C=O) groups is 1. The highest BCUT2D eigenvalue weighted by Gasteiger charge is 2.22. The van der Waals surface area contributed by atoms with Crippen molar-refractivity contribution < 1.29 is 23.1 Å². The third-order valence-electron chi connectivity index (χ3n) is 3.15. The van der Waals surface area contributed by atoms with Gasteiger partial charge in [0.25, 0.3) is 0 Å². The second-order valence-electron chi connectivity index (χ2n) is 5.15. The first-order chi connectivity index (χ1) is 10.3. The standard InChI is InChI=1S/C15H21F3N2O2/c1-12(22)10-20-9-3-2-4-14(20)19-8-6-13(11-21)5-7-15(16,17)18/h5-7,21H,2-4,8-11H2,1H3/b7-5+,13-6-,19-14-. The van der Waals surface area contributed by atoms with Crippen LogP contribution in [0.15, 0.2) is 28.8 Å². The summed E-state index contributed by atoms with van der Waals surface area (Å²) in [7, 11) is 0. The summed E-state index contributed by atoms with van der Waals surface area (Å²) in [5.74, 6) is 0.851. The molecule has 0 spiro atoms. The van der Waals surface area contributed by atoms with Gasteiger partial charge in [0.2, 0.25) is 0 Å². The number of amidine groups is 1. The third-order valence-corrected chi connectivity index (χ3v) is 3.15. The van der Waals surface area contributed by atoms with Crippen LogP contribution in [-0.2, 0) is 4.79 Å². The lowest BCUT2D eigenvalue weighted by atomic mass is 10.1. The Balaban J connectivity index is 2.68. The number of carbonyl (C=O) groups excluding carboxylic acids is 1. The number of hydrogen-bond acceptors (Lipinski definition) is 3. The van der Waals surface area contributed by atoms with E-state index in [1.807, 2.05) is 4.90 Å². The lowest BCUT2D eigenvalue weighted by Crippen LogP contribution is -2.38. The molecule has 0 unspecified atom stereocenters. The van der Waals surface area contributed by atoms with Crippen LogP contribution in [0.2, 0.25) is 0 Å². The first-order valence-corrected chi connectivity index (χ1v) is 7.15. The largest absolute Gasteiger partial charge is 0.409 e. The molecule has 1 aliphatic rings. The molecule has 0 amide bonds. The van der Waals surface area contributed by atoms with Gasteiger partial charge in [-0.1, -0.05) is 12.2 Å². The summed E-state index contributed by atoms with van der Waals surface area (Å²) in [5.41, 5.74) is 0.163. The molecule has 4 nitrogen and oxygen atoms in total. The first kappa shape index (κ1) is 18.4. The number of halogens is 3. The molecule has 0 aliphatic carbocycles. The number of nitrogens with zero attached hydrogens (tertiary/aromatic N) is 2. The Kier molecular flexibility index (Phi) is 7.31. The molecule has 1 rings (SSSR count). The smallest absolute Gasteiger partial charge is 0.392 e. The molecule has 1 aliphatic heterocycles. The van der Waals surface area contributed by atoms with Gasteiger partial charge in [-0.3, -0.25) is 9.79 Å². The number of hydrogen-bond donors (Lipinski definition) is 1. The van der Waals surface area contributed by atoms with Crippen molar-refractivity contribution in [2.45, 2.75) is 32.4 Å². The van der Waals surface area contributed by atoms with Crippen molar-refractivity contribution in [3.63, 3.8) is 0 Å². The van der Waals surface area contributed by atoms with Crippen LogP contribution < -0.4 is 0 Å². The van der Waals surface area contributed by atoms with Gasteiger partial charge < -0.3 is 10.0 Å². The molecule has 1 fully saturated rings. The summed E-state index contributed by atoms with van der Waals surface area (Å²) in [6, 6.07) is 0. The van der Waals surface area contributed by atoms with Crippen molar-refractivity contribution in [1.82, 2.24) is 4.90 Å². The van der Waals surface area contributed by atoms with Gasteiger partial charge in [-0.05, 0) is 25.3 Å². The number of Topliss-reactive ketones (excluding diaryl/α,β-unsaturated/α-hetero) is 1. The molecule has 124 valence electrons. The second-order valence-corrected chi connectivity index (χ2v) is 5.15. The van der Waals surface area contributed by atoms with Crippen molar-refractivity contribution in [2.24, 2.45) is 4.99 Å². The summed E-state index contributed by atoms with van der Waals surface area (Å²) >= 11 is 0. The number of aliphatic imine (C=N–C) groups is 1. The minimum Gasteiger partial charge on any atom is -0.392 e. The Morgan fingerprint density at radius 3 is 2.73 bits per heavy atom. The molecule has 1 N–H and O–H groups in total. The number of piperidine rings is 1. The monoisotopic (exact) mass is 318 g/mol. The number of allylic oxidation sites excluding steroid dienone is 1. The predicted octanol–water partition coefficient (Wildman–Crippen LogP) is 2.50. The molecule has 0 bridgehead atoms. The number of ketones is 1. The minimum atomic E-state index is -4.40. The zero-order valence-corrected chi connectivity index (χ0v) is 12.6. The van der Waals surface area contributed by atoms with Crippen LogP contribution in [0.5, 0.6) is 0 Å². The Morgan fingerprint density at radius 2 is 2.14 bits per heavy atom. The first-order valence-electron chi connectivity index (χ1n) is 7.15. The van der Waals surface area contributed by atoms with Crippen LogP contribution in [0.3, 0.4) is 0 Å². The zero-order valence-electron chi connectivity index (χ0n) is 12.6. The van der Waals surface area contributed by atoms with Crippen molar-refractivity contribution in [3.05, 3.63) is 23.8 Å². The molecule has 0 atom stereocenters. The van der Waals surface area contributed by atoms with E-state index in [1.165, 1.54) is 13.0 Å². The molecule has 0 aromatic carbocycles. The van der Waals surface area contributed by atoms with Gasteiger partial charge >= 0.3 is 6.18 Å². The Labute approximate surface area is 128 Å². The maximum absolute atomic E-state index is 12.1. The molecular weight excluding hydrogens is 297 g/mol. The topological polar surface area (TPSA) is 52.9 Å². The summed E-state index contributed by atoms with van der Waals surface area (Å²) in [5, 5.41) is 9.04. The SMILES string of the molecule is CC(=O)CN1CCCC/C1=N/C/C=C(/C=C/C(F)(F)F)CO. The number of aliphatic hydroxyl groups is 1. The van der Waals surface area contributed by atoms with Gasteiger partial charge in [0.05, 0.1) is 25.5 Å². The number of rotatable bonds is 6. The highest BCUT2D eigenvalue weighted by atomic mass is 19.4. The zero-order chi connectivity index (χ0) is 16.6. The van der Waals surface area contributed by atoms with E-state index in [1.54, 1.807) is 0 Å². The maximum Gasteiger partial charge on any atom is 0.409 e. The highest BCUT2D eigenvalue weighted by Crippen LogP contribution is 2.17. The number of aliphatic hydroxyl groups excluding tert-OH is 1. The van der Waals surface area contributed by atoms with E-state index in [0.717, 1.165) is 37.7 Å². The van der Waals surface area contributed by atoms with Gasteiger partial charge in [0.15, 0.2) is 0 Å². The summed E-state index contributed by atoms with van der Waals surface area (Å²) in [4.78, 5) is 17.5. The van der Waals surface area contributed by atoms with Gasteiger partial charge in [0.1, 0.15) is 5.78 Å². The lowest BCUT2D eigenvalue weighted by molar-refractivity contribution is -0.117. The van der Waals surface area contributed by atoms with E-state index in [9.17, 15) is 18.0 Å². The molecule has 1 heterocycles. The van der Waals surface area contributed by atoms with Crippen LogP contribution in [0.25, 0.3) is 0 Å². The normalized spacial score (nSPS) is 19.2. The van der Waals surface area contributed by atoms with Crippen LogP contribution in [0.1, 0.15) is 26.2 Å². The predicted molar refractivity (Wildman–Crippen MR) is 78.8 cm³/mol. The van der Waals surface area contributed by atoms with Gasteiger partial charge in [-0.15, -0.1) is 0 Å². The van der Waals surface area contributed by atoms with Crippen LogP contribution in [0.4, 0.5) is 13.2 Å². The van der Waals surface area contributed by atoms with Gasteiger partial charge in [-0.2, -0.15) is 13.2 Å². The molecule has 0 aromatic rings. The van der Waals surface area contributed by atoms with Crippen molar-refractivity contribution in [2.75, 3.05) is 26.2 Å². The molecule has 22 heavy (non-hydrogen) atoms. The molecule has 0 radical (unpaired) electrons. The molecular formula is C15H21F3N2O2. The van der Waals surface area contributed by atoms with E-state index in [4.69, 9.17) is 5.11 Å². The fraction of sp³-hybridized carbons (Fsp3) is 0.600. The summed E-state index contributed by atoms with van der Waals surface area (Å²) in [6.45, 7) is 2.29. The second kappa shape index (κ2) is 8.73. The van der Waals surface area contributed by atoms with Crippen molar-refractivity contribution in [3.8, 4) is 0 Å². The fourth-order valence-corrected chi connectivity index (χ4v) is 2.15. The molecule has 0 saturated carbocycles. The van der Waals surface area contributed by atoms with Crippen molar-refractivity contribution in [1.29, 1.82) is 0 Å². The van der Waals surface area contributed by atoms with Crippen molar-refractivity contribution >= 4 is 11.6 Å². The number of alkyl halides is 3. The Morgan fingerprint density at radius 1 is 1.41 bits per heavy atom. The Hall–Kier alpha value is -1.63. The van der Waals surface area contributed by atoms with E-state index in [2.05, 4.69) is 4.99 Å². The summed E-state index contributed by atoms with van der Waals surface area (Å²) < 4.78 is 36.2.